The van der Waals surface area contributed by atoms with Crippen molar-refractivity contribution < 1.29 is 19.4 Å². The molecule has 0 saturated carbocycles. The van der Waals surface area contributed by atoms with Gasteiger partial charge in [-0.05, 0) is 49.2 Å². The number of ether oxygens (including phenoxy) is 1. The Kier molecular flexibility index (Phi) is 6.09. The molecule has 0 radical (unpaired) electrons. The topological polar surface area (TPSA) is 79.7 Å². The number of pyridine rings is 1. The molecule has 2 aromatic rings. The monoisotopic (exact) mass is 380 g/mol. The van der Waals surface area contributed by atoms with E-state index < -0.39 is 17.7 Å². The van der Waals surface area contributed by atoms with Gasteiger partial charge in [0.25, 0.3) is 11.7 Å². The fourth-order valence-electron chi connectivity index (χ4n) is 3.35. The van der Waals surface area contributed by atoms with Gasteiger partial charge >= 0.3 is 0 Å². The number of ketones is 1. The third-order valence-electron chi connectivity index (χ3n) is 4.73. The maximum Gasteiger partial charge on any atom is 0.295 e. The number of likely N-dealkylation sites (tertiary alicyclic amines) is 1. The van der Waals surface area contributed by atoms with Crippen LogP contribution in [0, 0.1) is 0 Å². The number of benzene rings is 1. The molecule has 1 N–H and O–H groups in total. The highest BCUT2D eigenvalue weighted by Gasteiger charge is 2.45. The van der Waals surface area contributed by atoms with Crippen molar-refractivity contribution in [3.05, 3.63) is 65.5 Å². The quantitative estimate of drug-likeness (QED) is 0.450. The highest BCUT2D eigenvalue weighted by atomic mass is 16.5. The molecule has 0 bridgehead atoms. The summed E-state index contributed by atoms with van der Waals surface area (Å²) < 4.78 is 5.42. The summed E-state index contributed by atoms with van der Waals surface area (Å²) in [6, 6.07) is 9.74. The first-order valence-electron chi connectivity index (χ1n) is 9.50. The molecule has 6 heteroatoms. The van der Waals surface area contributed by atoms with Crippen LogP contribution in [0.1, 0.15) is 43.9 Å². The smallest absolute Gasteiger partial charge is 0.295 e. The Morgan fingerprint density at radius 1 is 1.18 bits per heavy atom. The van der Waals surface area contributed by atoms with Gasteiger partial charge in [0.1, 0.15) is 11.5 Å². The highest BCUT2D eigenvalue weighted by molar-refractivity contribution is 6.46. The van der Waals surface area contributed by atoms with Gasteiger partial charge in [0.15, 0.2) is 0 Å². The van der Waals surface area contributed by atoms with E-state index in [1.54, 1.807) is 42.7 Å². The molecule has 1 aliphatic heterocycles. The summed E-state index contributed by atoms with van der Waals surface area (Å²) in [6.45, 7) is 4.89. The number of hydrogen-bond donors (Lipinski definition) is 1. The van der Waals surface area contributed by atoms with E-state index in [1.165, 1.54) is 4.90 Å². The first-order valence-corrected chi connectivity index (χ1v) is 9.50. The van der Waals surface area contributed by atoms with E-state index in [2.05, 4.69) is 4.98 Å². The van der Waals surface area contributed by atoms with Crippen molar-refractivity contribution in [2.45, 2.75) is 32.7 Å². The molecule has 1 atom stereocenters. The van der Waals surface area contributed by atoms with Crippen LogP contribution < -0.4 is 4.74 Å². The molecular weight excluding hydrogens is 356 g/mol. The van der Waals surface area contributed by atoms with Gasteiger partial charge < -0.3 is 14.7 Å². The molecule has 0 aliphatic carbocycles. The zero-order valence-corrected chi connectivity index (χ0v) is 16.1. The zero-order valence-electron chi connectivity index (χ0n) is 16.1. The summed E-state index contributed by atoms with van der Waals surface area (Å²) in [5.74, 6) is -0.772. The number of carbonyl (C=O) groups excluding carboxylic acids is 2. The van der Waals surface area contributed by atoms with Crippen LogP contribution in [-0.2, 0) is 9.59 Å². The van der Waals surface area contributed by atoms with Gasteiger partial charge in [-0.2, -0.15) is 0 Å². The lowest BCUT2D eigenvalue weighted by molar-refractivity contribution is -0.139. The minimum Gasteiger partial charge on any atom is -0.507 e. The Bertz CT molecular complexity index is 875. The maximum absolute atomic E-state index is 12.8. The number of aromatic nitrogens is 1. The van der Waals surface area contributed by atoms with E-state index in [1.807, 2.05) is 19.9 Å². The van der Waals surface area contributed by atoms with Crippen LogP contribution in [0.2, 0.25) is 0 Å². The first-order chi connectivity index (χ1) is 13.6. The molecule has 2 heterocycles. The van der Waals surface area contributed by atoms with Crippen molar-refractivity contribution in [2.24, 2.45) is 0 Å². The minimum atomic E-state index is -0.670. The number of unbranched alkanes of at least 4 members (excludes halogenated alkanes) is 1. The molecule has 0 spiro atoms. The average Bonchev–Trinajstić information content (AvgIpc) is 2.98. The van der Waals surface area contributed by atoms with Crippen LogP contribution in [0.25, 0.3) is 5.76 Å². The second-order valence-electron chi connectivity index (χ2n) is 6.59. The molecule has 1 fully saturated rings. The predicted molar refractivity (Wildman–Crippen MR) is 106 cm³/mol. The number of aliphatic hydroxyl groups excluding tert-OH is 1. The Labute approximate surface area is 164 Å². The molecule has 1 unspecified atom stereocenters. The fourth-order valence-corrected chi connectivity index (χ4v) is 3.35. The Hall–Kier alpha value is -3.15. The van der Waals surface area contributed by atoms with Gasteiger partial charge in [0.2, 0.25) is 0 Å². The third kappa shape index (κ3) is 3.76. The Balaban J connectivity index is 2.08. The number of hydrogen-bond acceptors (Lipinski definition) is 5. The summed E-state index contributed by atoms with van der Waals surface area (Å²) in [5.41, 5.74) is 1.26. The average molecular weight is 380 g/mol. The summed E-state index contributed by atoms with van der Waals surface area (Å²) in [5, 5.41) is 10.9. The van der Waals surface area contributed by atoms with E-state index in [0.717, 1.165) is 12.8 Å². The lowest BCUT2D eigenvalue weighted by Crippen LogP contribution is -2.30. The second kappa shape index (κ2) is 8.69. The number of nitrogens with zero attached hydrogens (tertiary/aromatic N) is 2. The number of aliphatic hydroxyl groups is 1. The third-order valence-corrected chi connectivity index (χ3v) is 4.73. The van der Waals surface area contributed by atoms with Crippen molar-refractivity contribution in [1.82, 2.24) is 9.88 Å². The van der Waals surface area contributed by atoms with Crippen molar-refractivity contribution in [1.29, 1.82) is 0 Å². The van der Waals surface area contributed by atoms with Gasteiger partial charge in [-0.1, -0.05) is 19.4 Å². The van der Waals surface area contributed by atoms with Gasteiger partial charge in [0.05, 0.1) is 18.2 Å². The van der Waals surface area contributed by atoms with Crippen molar-refractivity contribution in [3.63, 3.8) is 0 Å². The molecule has 28 heavy (non-hydrogen) atoms. The largest absolute Gasteiger partial charge is 0.507 e. The fraction of sp³-hybridized carbons (Fsp3) is 0.318. The van der Waals surface area contributed by atoms with E-state index in [-0.39, 0.29) is 11.3 Å². The lowest BCUT2D eigenvalue weighted by Gasteiger charge is -2.24. The molecule has 1 aromatic heterocycles. The molecule has 1 aromatic carbocycles. The summed E-state index contributed by atoms with van der Waals surface area (Å²) in [6.07, 6.45) is 4.92. The van der Waals surface area contributed by atoms with Crippen molar-refractivity contribution in [3.8, 4) is 5.75 Å². The highest BCUT2D eigenvalue weighted by Crippen LogP contribution is 2.39. The molecule has 1 aliphatic rings. The number of carbonyl (C=O) groups is 2. The number of rotatable bonds is 7. The van der Waals surface area contributed by atoms with E-state index in [9.17, 15) is 14.7 Å². The van der Waals surface area contributed by atoms with E-state index in [4.69, 9.17) is 4.74 Å². The zero-order chi connectivity index (χ0) is 20.1. The molecule has 3 rings (SSSR count). The minimum absolute atomic E-state index is 0.0956. The van der Waals surface area contributed by atoms with Gasteiger partial charge in [-0.25, -0.2) is 0 Å². The number of amides is 1. The normalized spacial score (nSPS) is 18.5. The van der Waals surface area contributed by atoms with Gasteiger partial charge in [-0.3, -0.25) is 14.6 Å². The predicted octanol–water partition coefficient (Wildman–Crippen LogP) is 3.70. The summed E-state index contributed by atoms with van der Waals surface area (Å²) in [7, 11) is 0. The van der Waals surface area contributed by atoms with E-state index >= 15 is 0 Å². The standard InChI is InChI=1S/C22H24N2O4/c1-3-5-13-24-19(16-7-6-12-23-14-16)18(21(26)22(24)27)20(25)15-8-10-17(11-9-15)28-4-2/h6-12,14,19,25H,3-5,13H2,1-2H3/b20-18-. The summed E-state index contributed by atoms with van der Waals surface area (Å²) in [4.78, 5) is 31.1. The SMILES string of the molecule is CCCCN1C(=O)C(=O)/C(=C(\O)c2ccc(OCC)cc2)C1c1cccnc1. The number of Topliss-reactive ketones (excluding diaryl/α,β-unsaturated/α-hetero) is 1. The van der Waals surface area contributed by atoms with Crippen LogP contribution in [0.5, 0.6) is 5.75 Å². The van der Waals surface area contributed by atoms with E-state index in [0.29, 0.717) is 30.0 Å². The van der Waals surface area contributed by atoms with Crippen molar-refractivity contribution >= 4 is 17.4 Å². The van der Waals surface area contributed by atoms with Gasteiger partial charge in [-0.15, -0.1) is 0 Å². The Morgan fingerprint density at radius 2 is 1.93 bits per heavy atom. The van der Waals surface area contributed by atoms with Crippen LogP contribution in [0.3, 0.4) is 0 Å². The summed E-state index contributed by atoms with van der Waals surface area (Å²) >= 11 is 0. The molecular formula is C22H24N2O4. The van der Waals surface area contributed by atoms with Gasteiger partial charge in [0, 0.05) is 24.5 Å². The van der Waals surface area contributed by atoms with Crippen LogP contribution in [0.4, 0.5) is 0 Å². The lowest BCUT2D eigenvalue weighted by atomic mass is 9.96. The molecule has 1 saturated heterocycles. The first kappa shape index (κ1) is 19.6. The van der Waals surface area contributed by atoms with Crippen LogP contribution in [0.15, 0.2) is 54.4 Å². The van der Waals surface area contributed by atoms with Crippen LogP contribution in [-0.4, -0.2) is 39.8 Å². The molecule has 6 nitrogen and oxygen atoms in total. The van der Waals surface area contributed by atoms with Crippen molar-refractivity contribution in [2.75, 3.05) is 13.2 Å². The second-order valence-corrected chi connectivity index (χ2v) is 6.59. The maximum atomic E-state index is 12.8. The Morgan fingerprint density at radius 3 is 2.54 bits per heavy atom. The van der Waals surface area contributed by atoms with Crippen LogP contribution >= 0.6 is 0 Å². The molecule has 1 amide bonds. The molecule has 146 valence electrons.